The Morgan fingerprint density at radius 2 is 1.72 bits per heavy atom. The smallest absolute Gasteiger partial charge is 0.337 e. The maximum absolute atomic E-state index is 11.2. The first-order chi connectivity index (χ1) is 8.56. The topological polar surface area (TPSA) is 74.6 Å². The van der Waals surface area contributed by atoms with E-state index in [9.17, 15) is 14.7 Å². The van der Waals surface area contributed by atoms with Gasteiger partial charge in [0.15, 0.2) is 0 Å². The number of carbonyl (C=O) groups is 2. The molecule has 88 valence electrons. The van der Waals surface area contributed by atoms with Gasteiger partial charge in [-0.2, -0.15) is 0 Å². The largest absolute Gasteiger partial charge is 0.478 e. The average Bonchev–Trinajstić information content (AvgIpc) is 2.35. The van der Waals surface area contributed by atoms with Crippen LogP contribution in [0.5, 0.6) is 0 Å². The molecule has 0 atom stereocenters. The summed E-state index contributed by atoms with van der Waals surface area (Å²) >= 11 is 0. The lowest BCUT2D eigenvalue weighted by molar-refractivity contribution is 0.0686. The van der Waals surface area contributed by atoms with Crippen molar-refractivity contribution >= 4 is 22.7 Å². The van der Waals surface area contributed by atoms with Gasteiger partial charge in [-0.1, -0.05) is 24.1 Å². The fourth-order valence-electron chi connectivity index (χ4n) is 1.90. The molecule has 18 heavy (non-hydrogen) atoms. The van der Waals surface area contributed by atoms with Crippen molar-refractivity contribution in [3.8, 4) is 12.3 Å². The Balaban J connectivity index is 2.96. The maximum atomic E-state index is 11.2. The standard InChI is InChI=1S/C14H8O4/c1-2-8-6-7-9-10(12(8)14(17)18)4-3-5-11(9)13(15)16/h1,3-7H,(H,15,16)(H,17,18). The first kappa shape index (κ1) is 11.7. The molecule has 2 N–H and O–H groups in total. The summed E-state index contributed by atoms with van der Waals surface area (Å²) in [6, 6.07) is 7.44. The van der Waals surface area contributed by atoms with E-state index in [2.05, 4.69) is 5.92 Å². The van der Waals surface area contributed by atoms with Crippen molar-refractivity contribution in [1.29, 1.82) is 0 Å². The molecular weight excluding hydrogens is 232 g/mol. The van der Waals surface area contributed by atoms with Crippen molar-refractivity contribution in [3.63, 3.8) is 0 Å². The summed E-state index contributed by atoms with van der Waals surface area (Å²) < 4.78 is 0. The molecule has 0 heterocycles. The van der Waals surface area contributed by atoms with Gasteiger partial charge in [0.05, 0.1) is 11.1 Å². The van der Waals surface area contributed by atoms with Gasteiger partial charge in [-0.05, 0) is 22.9 Å². The van der Waals surface area contributed by atoms with Gasteiger partial charge >= 0.3 is 11.9 Å². The summed E-state index contributed by atoms with van der Waals surface area (Å²) in [5.74, 6) is 0.0131. The molecule has 0 aliphatic carbocycles. The highest BCUT2D eigenvalue weighted by Gasteiger charge is 2.16. The number of fused-ring (bicyclic) bond motifs is 1. The molecule has 4 nitrogen and oxygen atoms in total. The summed E-state index contributed by atoms with van der Waals surface area (Å²) in [6.45, 7) is 0. The Morgan fingerprint density at radius 1 is 1.00 bits per heavy atom. The van der Waals surface area contributed by atoms with Crippen LogP contribution in [0.25, 0.3) is 10.8 Å². The molecular formula is C14H8O4. The third-order valence-electron chi connectivity index (χ3n) is 2.66. The normalized spacial score (nSPS) is 9.94. The predicted molar refractivity (Wildman–Crippen MR) is 65.8 cm³/mol. The van der Waals surface area contributed by atoms with Crippen molar-refractivity contribution in [2.45, 2.75) is 0 Å². The first-order valence-corrected chi connectivity index (χ1v) is 5.05. The van der Waals surface area contributed by atoms with Crippen LogP contribution in [0.3, 0.4) is 0 Å². The molecule has 0 unspecified atom stereocenters. The van der Waals surface area contributed by atoms with Crippen LogP contribution in [-0.2, 0) is 0 Å². The molecule has 0 fully saturated rings. The Hall–Kier alpha value is -2.80. The van der Waals surface area contributed by atoms with Crippen LogP contribution in [0.15, 0.2) is 30.3 Å². The second-order valence-electron chi connectivity index (χ2n) is 3.64. The fourth-order valence-corrected chi connectivity index (χ4v) is 1.90. The lowest BCUT2D eigenvalue weighted by Gasteiger charge is -2.07. The molecule has 0 aliphatic rings. The quantitative estimate of drug-likeness (QED) is 0.789. The van der Waals surface area contributed by atoms with Crippen molar-refractivity contribution < 1.29 is 19.8 Å². The summed E-state index contributed by atoms with van der Waals surface area (Å²) in [7, 11) is 0. The number of carboxylic acids is 2. The van der Waals surface area contributed by atoms with E-state index in [1.807, 2.05) is 0 Å². The lowest BCUT2D eigenvalue weighted by atomic mass is 9.96. The molecule has 0 radical (unpaired) electrons. The van der Waals surface area contributed by atoms with Gasteiger partial charge in [0.2, 0.25) is 0 Å². The monoisotopic (exact) mass is 240 g/mol. The summed E-state index contributed by atoms with van der Waals surface area (Å²) in [6.07, 6.45) is 5.25. The van der Waals surface area contributed by atoms with Crippen molar-refractivity contribution in [3.05, 3.63) is 47.0 Å². The Kier molecular flexibility index (Phi) is 2.74. The van der Waals surface area contributed by atoms with Gasteiger partial charge in [-0.3, -0.25) is 0 Å². The molecule has 0 spiro atoms. The van der Waals surface area contributed by atoms with E-state index in [0.717, 1.165) is 0 Å². The number of hydrogen-bond acceptors (Lipinski definition) is 2. The van der Waals surface area contributed by atoms with E-state index in [1.165, 1.54) is 24.3 Å². The molecule has 2 aromatic carbocycles. The third-order valence-corrected chi connectivity index (χ3v) is 2.66. The van der Waals surface area contributed by atoms with E-state index in [4.69, 9.17) is 11.5 Å². The highest BCUT2D eigenvalue weighted by atomic mass is 16.4. The van der Waals surface area contributed by atoms with Gasteiger partial charge in [0.1, 0.15) is 0 Å². The Labute approximate surface area is 102 Å². The van der Waals surface area contributed by atoms with Crippen LogP contribution >= 0.6 is 0 Å². The van der Waals surface area contributed by atoms with Crippen LogP contribution in [0.1, 0.15) is 26.3 Å². The molecule has 0 aliphatic heterocycles. The zero-order valence-electron chi connectivity index (χ0n) is 9.18. The van der Waals surface area contributed by atoms with Crippen molar-refractivity contribution in [1.82, 2.24) is 0 Å². The second-order valence-corrected chi connectivity index (χ2v) is 3.64. The minimum Gasteiger partial charge on any atom is -0.478 e. The molecule has 2 rings (SSSR count). The second kappa shape index (κ2) is 4.22. The number of hydrogen-bond donors (Lipinski definition) is 2. The summed E-state index contributed by atoms with van der Waals surface area (Å²) in [5.41, 5.74) is 0.245. The summed E-state index contributed by atoms with van der Waals surface area (Å²) in [5, 5.41) is 18.9. The zero-order chi connectivity index (χ0) is 13.3. The van der Waals surface area contributed by atoms with Crippen LogP contribution in [-0.4, -0.2) is 22.2 Å². The summed E-state index contributed by atoms with van der Waals surface area (Å²) in [4.78, 5) is 22.3. The molecule has 0 bridgehead atoms. The van der Waals surface area contributed by atoms with Crippen LogP contribution < -0.4 is 0 Å². The van der Waals surface area contributed by atoms with Crippen LogP contribution in [0, 0.1) is 12.3 Å². The van der Waals surface area contributed by atoms with Crippen LogP contribution in [0.2, 0.25) is 0 Å². The van der Waals surface area contributed by atoms with E-state index in [-0.39, 0.29) is 16.7 Å². The van der Waals surface area contributed by atoms with Gasteiger partial charge in [-0.15, -0.1) is 6.42 Å². The SMILES string of the molecule is C#Cc1ccc2c(C(=O)O)cccc2c1C(=O)O. The van der Waals surface area contributed by atoms with Crippen LogP contribution in [0.4, 0.5) is 0 Å². The molecule has 4 heteroatoms. The Morgan fingerprint density at radius 3 is 2.28 bits per heavy atom. The first-order valence-electron chi connectivity index (χ1n) is 5.05. The number of carboxylic acid groups (broad SMARTS) is 2. The van der Waals surface area contributed by atoms with Crippen molar-refractivity contribution in [2.24, 2.45) is 0 Å². The molecule has 2 aromatic rings. The zero-order valence-corrected chi connectivity index (χ0v) is 9.18. The van der Waals surface area contributed by atoms with Crippen molar-refractivity contribution in [2.75, 3.05) is 0 Å². The average molecular weight is 240 g/mol. The van der Waals surface area contributed by atoms with E-state index < -0.39 is 11.9 Å². The number of rotatable bonds is 2. The molecule has 0 saturated carbocycles. The van der Waals surface area contributed by atoms with E-state index in [1.54, 1.807) is 6.07 Å². The minimum absolute atomic E-state index is 0.0434. The lowest BCUT2D eigenvalue weighted by Crippen LogP contribution is -2.04. The minimum atomic E-state index is -1.17. The Bertz CT molecular complexity index is 708. The fraction of sp³-hybridized carbons (Fsp3) is 0. The maximum Gasteiger partial charge on any atom is 0.337 e. The highest BCUT2D eigenvalue weighted by molar-refractivity contribution is 6.11. The van der Waals surface area contributed by atoms with E-state index >= 15 is 0 Å². The highest BCUT2D eigenvalue weighted by Crippen LogP contribution is 2.25. The van der Waals surface area contributed by atoms with Gasteiger partial charge in [0.25, 0.3) is 0 Å². The number of terminal acetylenes is 1. The third kappa shape index (κ3) is 1.68. The van der Waals surface area contributed by atoms with E-state index in [0.29, 0.717) is 10.8 Å². The number of aromatic carboxylic acids is 2. The number of benzene rings is 2. The van der Waals surface area contributed by atoms with Gasteiger partial charge in [0, 0.05) is 5.56 Å². The predicted octanol–water partition coefficient (Wildman–Crippen LogP) is 2.22. The molecule has 0 saturated heterocycles. The molecule has 0 amide bonds. The van der Waals surface area contributed by atoms with Gasteiger partial charge in [-0.25, -0.2) is 9.59 Å². The molecule has 0 aromatic heterocycles. The van der Waals surface area contributed by atoms with Gasteiger partial charge < -0.3 is 10.2 Å².